The Balaban J connectivity index is 2.86. The number of nitrogens with one attached hydrogen (secondary N) is 1. The van der Waals surface area contributed by atoms with Gasteiger partial charge in [-0.05, 0) is 39.8 Å². The third-order valence-electron chi connectivity index (χ3n) is 2.39. The Kier molecular flexibility index (Phi) is 4.86. The lowest BCUT2D eigenvalue weighted by Crippen LogP contribution is -2.40. The van der Waals surface area contributed by atoms with E-state index in [1.807, 2.05) is 0 Å². The van der Waals surface area contributed by atoms with Crippen molar-refractivity contribution < 1.29 is 17.7 Å². The molecule has 0 saturated carbocycles. The predicted molar refractivity (Wildman–Crippen MR) is 68.7 cm³/mol. The maximum atomic E-state index is 12.6. The van der Waals surface area contributed by atoms with Gasteiger partial charge in [-0.2, -0.15) is 13.2 Å². The number of pyridine rings is 1. The Morgan fingerprint density at radius 2 is 1.89 bits per heavy atom. The van der Waals surface area contributed by atoms with Crippen LogP contribution in [0, 0.1) is 0 Å². The minimum Gasteiger partial charge on any atom is -0.598 e. The van der Waals surface area contributed by atoms with Gasteiger partial charge in [0.15, 0.2) is 0 Å². The molecule has 7 heteroatoms. The molecule has 1 aromatic heterocycles. The first kappa shape index (κ1) is 16.3. The number of halogens is 3. The van der Waals surface area contributed by atoms with Crippen LogP contribution in [0.1, 0.15) is 45.0 Å². The van der Waals surface area contributed by atoms with Crippen LogP contribution in [0.15, 0.2) is 18.3 Å². The molecule has 0 unspecified atom stereocenters. The van der Waals surface area contributed by atoms with Crippen molar-refractivity contribution in [2.24, 2.45) is 0 Å². The summed E-state index contributed by atoms with van der Waals surface area (Å²) in [5, 5.41) is 0. The first-order valence-electron chi connectivity index (χ1n) is 5.73. The monoisotopic (exact) mass is 294 g/mol. The molecule has 108 valence electrons. The van der Waals surface area contributed by atoms with Crippen LogP contribution < -0.4 is 4.72 Å². The molecule has 2 atom stereocenters. The van der Waals surface area contributed by atoms with E-state index in [1.54, 1.807) is 27.7 Å². The van der Waals surface area contributed by atoms with Gasteiger partial charge in [-0.1, -0.05) is 0 Å². The van der Waals surface area contributed by atoms with E-state index < -0.39 is 33.9 Å². The smallest absolute Gasteiger partial charge is 0.416 e. The van der Waals surface area contributed by atoms with Crippen molar-refractivity contribution in [1.82, 2.24) is 9.71 Å². The van der Waals surface area contributed by atoms with Crippen LogP contribution in [-0.2, 0) is 17.5 Å². The SMILES string of the molecule is C[C@@H](N[S@+]([O-])C(C)(C)C)c1cc(C(F)(F)F)ccn1. The van der Waals surface area contributed by atoms with Crippen LogP contribution in [0.25, 0.3) is 0 Å². The van der Waals surface area contributed by atoms with E-state index >= 15 is 0 Å². The summed E-state index contributed by atoms with van der Waals surface area (Å²) < 4.78 is 51.9. The summed E-state index contributed by atoms with van der Waals surface area (Å²) in [5.74, 6) is 0. The van der Waals surface area contributed by atoms with E-state index in [2.05, 4.69) is 9.71 Å². The fraction of sp³-hybridized carbons (Fsp3) is 0.583. The van der Waals surface area contributed by atoms with Crippen molar-refractivity contribution in [3.8, 4) is 0 Å². The molecule has 0 aliphatic carbocycles. The maximum absolute atomic E-state index is 12.6. The second-order valence-corrected chi connectivity index (χ2v) is 7.19. The highest BCUT2D eigenvalue weighted by molar-refractivity contribution is 7.90. The number of hydrogen-bond donors (Lipinski definition) is 1. The Morgan fingerprint density at radius 1 is 1.32 bits per heavy atom. The van der Waals surface area contributed by atoms with Gasteiger partial charge in [0.25, 0.3) is 0 Å². The lowest BCUT2D eigenvalue weighted by Gasteiger charge is -2.26. The minimum absolute atomic E-state index is 0.215. The van der Waals surface area contributed by atoms with Gasteiger partial charge in [0.05, 0.1) is 17.3 Å². The molecule has 0 aliphatic heterocycles. The molecule has 1 heterocycles. The largest absolute Gasteiger partial charge is 0.598 e. The van der Waals surface area contributed by atoms with E-state index in [9.17, 15) is 17.7 Å². The Labute approximate surface area is 113 Å². The first-order chi connectivity index (χ1) is 8.51. The van der Waals surface area contributed by atoms with Gasteiger partial charge in [-0.3, -0.25) is 4.98 Å². The van der Waals surface area contributed by atoms with E-state index in [0.29, 0.717) is 0 Å². The zero-order chi connectivity index (χ0) is 14.8. The summed E-state index contributed by atoms with van der Waals surface area (Å²) in [6, 6.07) is 1.36. The van der Waals surface area contributed by atoms with Crippen molar-refractivity contribution in [1.29, 1.82) is 0 Å². The quantitative estimate of drug-likeness (QED) is 0.871. The lowest BCUT2D eigenvalue weighted by molar-refractivity contribution is -0.137. The average molecular weight is 294 g/mol. The zero-order valence-corrected chi connectivity index (χ0v) is 12.0. The number of aromatic nitrogens is 1. The number of hydrogen-bond acceptors (Lipinski definition) is 3. The molecule has 0 amide bonds. The standard InChI is InChI=1S/C12H17F3N2OS/c1-8(17-19(18)11(2,3)4)10-7-9(5-6-16-10)12(13,14)15/h5-8,17H,1-4H3/t8-,19-/m1/s1. The van der Waals surface area contributed by atoms with Crippen molar-refractivity contribution >= 4 is 11.4 Å². The molecule has 1 N–H and O–H groups in total. The molecule has 0 fully saturated rings. The lowest BCUT2D eigenvalue weighted by atomic mass is 10.1. The van der Waals surface area contributed by atoms with Gasteiger partial charge < -0.3 is 4.55 Å². The first-order valence-corrected chi connectivity index (χ1v) is 6.88. The molecule has 19 heavy (non-hydrogen) atoms. The highest BCUT2D eigenvalue weighted by Gasteiger charge is 2.32. The second kappa shape index (κ2) is 5.68. The van der Waals surface area contributed by atoms with Gasteiger partial charge >= 0.3 is 6.18 Å². The average Bonchev–Trinajstić information content (AvgIpc) is 2.26. The highest BCUT2D eigenvalue weighted by atomic mass is 32.2. The molecule has 3 nitrogen and oxygen atoms in total. The number of alkyl halides is 3. The van der Waals surface area contributed by atoms with Crippen molar-refractivity contribution in [3.63, 3.8) is 0 Å². The summed E-state index contributed by atoms with van der Waals surface area (Å²) in [4.78, 5) is 3.89. The normalized spacial score (nSPS) is 16.2. The van der Waals surface area contributed by atoms with Crippen molar-refractivity contribution in [2.45, 2.75) is 44.7 Å². The predicted octanol–water partition coefficient (Wildman–Crippen LogP) is 3.21. The Hall–Kier alpha value is -0.790. The maximum Gasteiger partial charge on any atom is 0.416 e. The third-order valence-corrected chi connectivity index (χ3v) is 4.07. The van der Waals surface area contributed by atoms with Gasteiger partial charge in [-0.25, -0.2) is 0 Å². The summed E-state index contributed by atoms with van der Waals surface area (Å²) in [7, 11) is 0. The Bertz CT molecular complexity index is 432. The van der Waals surface area contributed by atoms with Crippen LogP contribution in [0.4, 0.5) is 13.2 Å². The van der Waals surface area contributed by atoms with Gasteiger partial charge in [0, 0.05) is 17.6 Å². The molecular formula is C12H17F3N2OS. The molecular weight excluding hydrogens is 277 g/mol. The van der Waals surface area contributed by atoms with Crippen LogP contribution in [-0.4, -0.2) is 14.3 Å². The van der Waals surface area contributed by atoms with Crippen LogP contribution >= 0.6 is 0 Å². The number of rotatable bonds is 3. The molecule has 1 rings (SSSR count). The minimum atomic E-state index is -4.40. The summed E-state index contributed by atoms with van der Waals surface area (Å²) in [6.45, 7) is 6.97. The summed E-state index contributed by atoms with van der Waals surface area (Å²) >= 11 is -1.37. The molecule has 0 aromatic carbocycles. The molecule has 0 spiro atoms. The molecule has 0 aliphatic rings. The molecule has 0 saturated heterocycles. The van der Waals surface area contributed by atoms with Crippen molar-refractivity contribution in [2.75, 3.05) is 0 Å². The topological polar surface area (TPSA) is 48.0 Å². The second-order valence-electron chi connectivity index (χ2n) is 5.19. The van der Waals surface area contributed by atoms with E-state index in [4.69, 9.17) is 0 Å². The molecule has 0 radical (unpaired) electrons. The molecule has 1 aromatic rings. The Morgan fingerprint density at radius 3 is 2.37 bits per heavy atom. The zero-order valence-electron chi connectivity index (χ0n) is 11.2. The summed E-state index contributed by atoms with van der Waals surface area (Å²) in [6.07, 6.45) is -3.29. The third kappa shape index (κ3) is 4.67. The van der Waals surface area contributed by atoms with Crippen LogP contribution in [0.3, 0.4) is 0 Å². The van der Waals surface area contributed by atoms with E-state index in [1.165, 1.54) is 0 Å². The van der Waals surface area contributed by atoms with Crippen LogP contribution in [0.5, 0.6) is 0 Å². The van der Waals surface area contributed by atoms with Crippen molar-refractivity contribution in [3.05, 3.63) is 29.6 Å². The summed E-state index contributed by atoms with van der Waals surface area (Å²) in [5.41, 5.74) is -0.542. The fourth-order valence-corrected chi connectivity index (χ4v) is 2.05. The van der Waals surface area contributed by atoms with Gasteiger partial charge in [0.2, 0.25) is 0 Å². The number of nitrogens with zero attached hydrogens (tertiary/aromatic N) is 1. The fourth-order valence-electron chi connectivity index (χ4n) is 1.26. The van der Waals surface area contributed by atoms with Gasteiger partial charge in [0.1, 0.15) is 4.75 Å². The van der Waals surface area contributed by atoms with E-state index in [0.717, 1.165) is 18.3 Å². The van der Waals surface area contributed by atoms with Gasteiger partial charge in [-0.15, -0.1) is 4.72 Å². The highest BCUT2D eigenvalue weighted by Crippen LogP contribution is 2.30. The molecule has 0 bridgehead atoms. The van der Waals surface area contributed by atoms with Crippen LogP contribution in [0.2, 0.25) is 0 Å². The van der Waals surface area contributed by atoms with E-state index in [-0.39, 0.29) is 5.69 Å².